The highest BCUT2D eigenvalue weighted by atomic mass is 19.1. The summed E-state index contributed by atoms with van der Waals surface area (Å²) in [6.07, 6.45) is 0.734. The van der Waals surface area contributed by atoms with Gasteiger partial charge in [0.15, 0.2) is 0 Å². The zero-order chi connectivity index (χ0) is 14.5. The van der Waals surface area contributed by atoms with Gasteiger partial charge in [0.2, 0.25) is 0 Å². The van der Waals surface area contributed by atoms with E-state index >= 15 is 0 Å². The first kappa shape index (κ1) is 13.8. The van der Waals surface area contributed by atoms with E-state index in [9.17, 15) is 9.18 Å². The Morgan fingerprint density at radius 2 is 2.05 bits per heavy atom. The van der Waals surface area contributed by atoms with Crippen molar-refractivity contribution in [3.8, 4) is 6.07 Å². The van der Waals surface area contributed by atoms with Gasteiger partial charge in [-0.3, -0.25) is 4.79 Å². The van der Waals surface area contributed by atoms with Gasteiger partial charge in [-0.2, -0.15) is 5.26 Å². The molecule has 20 heavy (non-hydrogen) atoms. The number of benzene rings is 2. The molecular weight excluding hydrogens is 255 g/mol. The third-order valence-electron chi connectivity index (χ3n) is 2.99. The first-order valence-corrected chi connectivity index (χ1v) is 6.24. The minimum absolute atomic E-state index is 0.104. The standard InChI is InChI=1S/C16H13FN2O/c1-2-11-5-3-4-6-14(11)16(20)19-15-8-7-13(17)9-12(15)10-18/h3-9H,2H2,1H3,(H,19,20). The van der Waals surface area contributed by atoms with Crippen LogP contribution in [0.15, 0.2) is 42.5 Å². The van der Waals surface area contributed by atoms with Crippen molar-refractivity contribution >= 4 is 11.6 Å². The average Bonchev–Trinajstić information content (AvgIpc) is 2.48. The van der Waals surface area contributed by atoms with Gasteiger partial charge in [-0.05, 0) is 36.2 Å². The molecule has 0 radical (unpaired) electrons. The minimum atomic E-state index is -0.506. The number of hydrogen-bond donors (Lipinski definition) is 1. The SMILES string of the molecule is CCc1ccccc1C(=O)Nc1ccc(F)cc1C#N. The number of rotatable bonds is 3. The Hall–Kier alpha value is -2.67. The number of carbonyl (C=O) groups is 1. The molecule has 4 heteroatoms. The van der Waals surface area contributed by atoms with E-state index in [0.717, 1.165) is 18.1 Å². The molecule has 2 aromatic carbocycles. The first-order valence-electron chi connectivity index (χ1n) is 6.24. The van der Waals surface area contributed by atoms with Crippen LogP contribution in [0.2, 0.25) is 0 Å². The molecule has 1 amide bonds. The molecule has 2 aromatic rings. The largest absolute Gasteiger partial charge is 0.321 e. The van der Waals surface area contributed by atoms with Crippen molar-refractivity contribution in [2.24, 2.45) is 0 Å². The lowest BCUT2D eigenvalue weighted by Crippen LogP contribution is -2.15. The summed E-state index contributed by atoms with van der Waals surface area (Å²) >= 11 is 0. The number of amides is 1. The van der Waals surface area contributed by atoms with E-state index in [4.69, 9.17) is 5.26 Å². The van der Waals surface area contributed by atoms with Crippen molar-refractivity contribution in [2.45, 2.75) is 13.3 Å². The minimum Gasteiger partial charge on any atom is -0.321 e. The number of halogens is 1. The Morgan fingerprint density at radius 3 is 2.75 bits per heavy atom. The van der Waals surface area contributed by atoms with Crippen LogP contribution in [0.25, 0.3) is 0 Å². The van der Waals surface area contributed by atoms with E-state index in [1.54, 1.807) is 12.1 Å². The molecule has 0 atom stereocenters. The molecule has 1 N–H and O–H groups in total. The average molecular weight is 268 g/mol. The number of anilines is 1. The van der Waals surface area contributed by atoms with Crippen molar-refractivity contribution in [1.29, 1.82) is 5.26 Å². The monoisotopic (exact) mass is 268 g/mol. The molecular formula is C16H13FN2O. The fourth-order valence-electron chi connectivity index (χ4n) is 1.96. The lowest BCUT2D eigenvalue weighted by molar-refractivity contribution is 0.102. The molecule has 0 aliphatic carbocycles. The van der Waals surface area contributed by atoms with Crippen LogP contribution in [0.3, 0.4) is 0 Å². The Morgan fingerprint density at radius 1 is 1.30 bits per heavy atom. The Balaban J connectivity index is 2.31. The predicted octanol–water partition coefficient (Wildman–Crippen LogP) is 3.51. The smallest absolute Gasteiger partial charge is 0.255 e. The molecule has 0 aromatic heterocycles. The van der Waals surface area contributed by atoms with E-state index in [1.807, 2.05) is 25.1 Å². The summed E-state index contributed by atoms with van der Waals surface area (Å²) in [5.74, 6) is -0.806. The lowest BCUT2D eigenvalue weighted by atomic mass is 10.0. The molecule has 2 rings (SSSR count). The Bertz CT molecular complexity index is 689. The quantitative estimate of drug-likeness (QED) is 0.926. The highest BCUT2D eigenvalue weighted by Crippen LogP contribution is 2.18. The summed E-state index contributed by atoms with van der Waals surface area (Å²) in [5, 5.41) is 11.6. The van der Waals surface area contributed by atoms with E-state index in [1.165, 1.54) is 12.1 Å². The van der Waals surface area contributed by atoms with Gasteiger partial charge in [-0.15, -0.1) is 0 Å². The Kier molecular flexibility index (Phi) is 4.11. The van der Waals surface area contributed by atoms with Crippen molar-refractivity contribution in [3.05, 3.63) is 65.0 Å². The zero-order valence-corrected chi connectivity index (χ0v) is 11.0. The van der Waals surface area contributed by atoms with Gasteiger partial charge in [0.05, 0.1) is 11.3 Å². The number of carbonyl (C=O) groups excluding carboxylic acids is 1. The van der Waals surface area contributed by atoms with Crippen molar-refractivity contribution in [2.75, 3.05) is 5.32 Å². The van der Waals surface area contributed by atoms with Gasteiger partial charge in [-0.1, -0.05) is 25.1 Å². The van der Waals surface area contributed by atoms with Gasteiger partial charge in [0.1, 0.15) is 11.9 Å². The molecule has 0 saturated carbocycles. The number of nitriles is 1. The second-order valence-electron chi connectivity index (χ2n) is 4.27. The predicted molar refractivity (Wildman–Crippen MR) is 74.9 cm³/mol. The van der Waals surface area contributed by atoms with Crippen LogP contribution < -0.4 is 5.32 Å². The normalized spacial score (nSPS) is 9.85. The van der Waals surface area contributed by atoms with Crippen LogP contribution >= 0.6 is 0 Å². The topological polar surface area (TPSA) is 52.9 Å². The van der Waals surface area contributed by atoms with Crippen LogP contribution in [0.4, 0.5) is 10.1 Å². The first-order chi connectivity index (χ1) is 9.65. The van der Waals surface area contributed by atoms with Crippen LogP contribution in [0, 0.1) is 17.1 Å². The van der Waals surface area contributed by atoms with Crippen LogP contribution in [0.1, 0.15) is 28.4 Å². The second kappa shape index (κ2) is 5.98. The number of nitrogens with zero attached hydrogens (tertiary/aromatic N) is 1. The second-order valence-corrected chi connectivity index (χ2v) is 4.27. The maximum absolute atomic E-state index is 13.0. The number of nitrogens with one attached hydrogen (secondary N) is 1. The molecule has 0 spiro atoms. The summed E-state index contributed by atoms with van der Waals surface area (Å²) in [6, 6.07) is 12.8. The summed E-state index contributed by atoms with van der Waals surface area (Å²) in [5.41, 5.74) is 1.89. The van der Waals surface area contributed by atoms with Gasteiger partial charge < -0.3 is 5.32 Å². The summed E-state index contributed by atoms with van der Waals surface area (Å²) in [6.45, 7) is 1.96. The molecule has 100 valence electrons. The van der Waals surface area contributed by atoms with E-state index in [-0.39, 0.29) is 11.5 Å². The molecule has 0 fully saturated rings. The maximum atomic E-state index is 13.0. The molecule has 0 bridgehead atoms. The zero-order valence-electron chi connectivity index (χ0n) is 11.0. The third-order valence-corrected chi connectivity index (χ3v) is 2.99. The summed E-state index contributed by atoms with van der Waals surface area (Å²) in [7, 11) is 0. The lowest BCUT2D eigenvalue weighted by Gasteiger charge is -2.10. The van der Waals surface area contributed by atoms with Crippen LogP contribution in [-0.2, 0) is 6.42 Å². The van der Waals surface area contributed by atoms with Crippen molar-refractivity contribution in [3.63, 3.8) is 0 Å². The molecule has 0 aliphatic heterocycles. The van der Waals surface area contributed by atoms with Crippen LogP contribution in [-0.4, -0.2) is 5.91 Å². The highest BCUT2D eigenvalue weighted by Gasteiger charge is 2.12. The maximum Gasteiger partial charge on any atom is 0.255 e. The van der Waals surface area contributed by atoms with Crippen LogP contribution in [0.5, 0.6) is 0 Å². The third kappa shape index (κ3) is 2.83. The van der Waals surface area contributed by atoms with Gasteiger partial charge >= 0.3 is 0 Å². The van der Waals surface area contributed by atoms with E-state index in [2.05, 4.69) is 5.32 Å². The van der Waals surface area contributed by atoms with Gasteiger partial charge in [0.25, 0.3) is 5.91 Å². The summed E-state index contributed by atoms with van der Waals surface area (Å²) in [4.78, 5) is 12.2. The molecule has 0 unspecified atom stereocenters. The van der Waals surface area contributed by atoms with E-state index < -0.39 is 5.82 Å². The fourth-order valence-corrected chi connectivity index (χ4v) is 1.96. The van der Waals surface area contributed by atoms with Gasteiger partial charge in [0, 0.05) is 5.56 Å². The van der Waals surface area contributed by atoms with Crippen molar-refractivity contribution in [1.82, 2.24) is 0 Å². The Labute approximate surface area is 116 Å². The fraction of sp³-hybridized carbons (Fsp3) is 0.125. The molecule has 0 saturated heterocycles. The number of aryl methyl sites for hydroxylation is 1. The molecule has 0 aliphatic rings. The summed E-state index contributed by atoms with van der Waals surface area (Å²) < 4.78 is 13.0. The van der Waals surface area contributed by atoms with E-state index in [0.29, 0.717) is 11.3 Å². The van der Waals surface area contributed by atoms with Gasteiger partial charge in [-0.25, -0.2) is 4.39 Å². The highest BCUT2D eigenvalue weighted by molar-refractivity contribution is 6.05. The molecule has 3 nitrogen and oxygen atoms in total. The van der Waals surface area contributed by atoms with Crippen molar-refractivity contribution < 1.29 is 9.18 Å². The molecule has 0 heterocycles. The number of hydrogen-bond acceptors (Lipinski definition) is 2.